The van der Waals surface area contributed by atoms with E-state index in [0.29, 0.717) is 159 Å². The summed E-state index contributed by atoms with van der Waals surface area (Å²) in [6.45, 7) is 21.6. The molecule has 0 unspecified atom stereocenters. The quantitative estimate of drug-likeness (QED) is 0.0876. The summed E-state index contributed by atoms with van der Waals surface area (Å²) in [6, 6.07) is 0. The van der Waals surface area contributed by atoms with Gasteiger partial charge in [-0.05, 0) is 34.6 Å². The van der Waals surface area contributed by atoms with Gasteiger partial charge in [0.05, 0.1) is 158 Å². The van der Waals surface area contributed by atoms with Crippen molar-refractivity contribution in [2.45, 2.75) is 46.3 Å². The average Bonchev–Trinajstić information content (AvgIpc) is 3.03. The molecule has 48 heavy (non-hydrogen) atoms. The maximum atomic E-state index is 11.9. The molecule has 0 atom stereocenters. The van der Waals surface area contributed by atoms with E-state index in [1.807, 2.05) is 34.6 Å². The number of hydrogen-bond acceptors (Lipinski definition) is 14. The van der Waals surface area contributed by atoms with Crippen molar-refractivity contribution in [3.63, 3.8) is 0 Å². The van der Waals surface area contributed by atoms with Gasteiger partial charge in [0.1, 0.15) is 5.60 Å². The Balaban J connectivity index is 3.14. The van der Waals surface area contributed by atoms with Crippen LogP contribution in [0.25, 0.3) is 0 Å². The molecule has 15 heteroatoms. The van der Waals surface area contributed by atoms with Crippen molar-refractivity contribution in [3.8, 4) is 0 Å². The Bertz CT molecular complexity index is 669. The maximum Gasteiger partial charge on any atom is 0.410 e. The Morgan fingerprint density at radius 2 is 0.667 bits per heavy atom. The first-order chi connectivity index (χ1) is 23.2. The van der Waals surface area contributed by atoms with Crippen LogP contribution in [0, 0.1) is 0 Å². The molecule has 0 aliphatic carbocycles. The van der Waals surface area contributed by atoms with Gasteiger partial charge < -0.3 is 66.5 Å². The van der Waals surface area contributed by atoms with E-state index < -0.39 is 5.60 Å². The molecule has 0 aromatic rings. The molecule has 0 aliphatic heterocycles. The van der Waals surface area contributed by atoms with Crippen molar-refractivity contribution in [2.24, 2.45) is 0 Å². The lowest BCUT2D eigenvalue weighted by Crippen LogP contribution is -2.36. The third-order valence-electron chi connectivity index (χ3n) is 5.68. The molecule has 0 fully saturated rings. The van der Waals surface area contributed by atoms with Crippen LogP contribution in [-0.2, 0) is 61.6 Å². The smallest absolute Gasteiger partial charge is 0.410 e. The molecule has 1 amide bonds. The molecule has 0 rings (SSSR count). The summed E-state index contributed by atoms with van der Waals surface area (Å²) >= 11 is 0. The fourth-order valence-electron chi connectivity index (χ4n) is 3.28. The van der Waals surface area contributed by atoms with Crippen molar-refractivity contribution in [1.29, 1.82) is 0 Å². The zero-order chi connectivity index (χ0) is 35.4. The predicted molar refractivity (Wildman–Crippen MR) is 179 cm³/mol. The topological polar surface area (TPSA) is 140 Å². The fraction of sp³-hybridized carbons (Fsp3) is 0.970. The van der Waals surface area contributed by atoms with Crippen LogP contribution in [-0.4, -0.2) is 188 Å². The largest absolute Gasteiger partial charge is 0.444 e. The summed E-state index contributed by atoms with van der Waals surface area (Å²) in [5, 5.41) is 0. The fourth-order valence-corrected chi connectivity index (χ4v) is 3.28. The molecule has 0 aromatic carbocycles. The normalized spacial score (nSPS) is 11.9. The first-order valence-electron chi connectivity index (χ1n) is 17.1. The van der Waals surface area contributed by atoms with E-state index in [1.165, 1.54) is 4.90 Å². The van der Waals surface area contributed by atoms with Gasteiger partial charge in [-0.15, -0.1) is 0 Å². The van der Waals surface area contributed by atoms with Gasteiger partial charge in [-0.25, -0.2) is 4.79 Å². The highest BCUT2D eigenvalue weighted by Crippen LogP contribution is 2.08. The Morgan fingerprint density at radius 1 is 0.438 bits per heavy atom. The minimum Gasteiger partial charge on any atom is -0.444 e. The van der Waals surface area contributed by atoms with E-state index in [0.717, 1.165) is 0 Å². The van der Waals surface area contributed by atoms with Gasteiger partial charge in [0.15, 0.2) is 0 Å². The summed E-state index contributed by atoms with van der Waals surface area (Å²) in [5.41, 5.74) is -0.510. The van der Waals surface area contributed by atoms with Crippen molar-refractivity contribution in [2.75, 3.05) is 166 Å². The summed E-state index contributed by atoms with van der Waals surface area (Å²) in [4.78, 5) is 13.3. The monoisotopic (exact) mass is 701 g/mol. The number of likely N-dealkylation sites (N-methyl/N-ethyl adjacent to an activating group) is 1. The van der Waals surface area contributed by atoms with Crippen LogP contribution in [0.15, 0.2) is 0 Å². The van der Waals surface area contributed by atoms with Gasteiger partial charge in [0.2, 0.25) is 0 Å². The molecule has 0 aliphatic rings. The van der Waals surface area contributed by atoms with E-state index in [1.54, 1.807) is 7.05 Å². The Hall–Kier alpha value is -1.21. The lowest BCUT2D eigenvalue weighted by atomic mass is 10.2. The third kappa shape index (κ3) is 39.2. The summed E-state index contributed by atoms with van der Waals surface area (Å²) in [6.07, 6.45) is -0.137. The van der Waals surface area contributed by atoms with Gasteiger partial charge in [0, 0.05) is 13.6 Å². The minimum absolute atomic E-state index is 0.227. The number of carbonyl (C=O) groups excluding carboxylic acids is 1. The Labute approximate surface area is 289 Å². The van der Waals surface area contributed by atoms with Crippen molar-refractivity contribution in [3.05, 3.63) is 0 Å². The van der Waals surface area contributed by atoms with Crippen molar-refractivity contribution in [1.82, 2.24) is 4.90 Å². The molecule has 0 N–H and O–H groups in total. The van der Waals surface area contributed by atoms with Crippen molar-refractivity contribution >= 4 is 6.09 Å². The molecule has 15 nitrogen and oxygen atoms in total. The zero-order valence-electron chi connectivity index (χ0n) is 30.7. The summed E-state index contributed by atoms with van der Waals surface area (Å²) in [5.74, 6) is 0. The average molecular weight is 702 g/mol. The van der Waals surface area contributed by atoms with Crippen LogP contribution in [0.3, 0.4) is 0 Å². The zero-order valence-corrected chi connectivity index (χ0v) is 30.7. The minimum atomic E-state index is -0.510. The summed E-state index contributed by atoms with van der Waals surface area (Å²) in [7, 11) is 1.68. The van der Waals surface area contributed by atoms with Crippen LogP contribution < -0.4 is 0 Å². The molecule has 0 radical (unpaired) electrons. The second kappa shape index (κ2) is 35.6. The number of hydrogen-bond donors (Lipinski definition) is 0. The first kappa shape index (κ1) is 46.8. The maximum absolute atomic E-state index is 11.9. The lowest BCUT2D eigenvalue weighted by molar-refractivity contribution is -0.0294. The standard InChI is InChI=1S/C33H67NO14/c1-31(2)47-30-29-46-28-27-45-26-25-44-24-23-43-22-21-42-20-19-41-18-17-40-16-15-39-14-13-38-12-11-37-10-9-36-8-7-34(6)32(35)48-33(3,4)5/h31H,7-30H2,1-6H3. The van der Waals surface area contributed by atoms with Crippen LogP contribution in [0.2, 0.25) is 0 Å². The highest BCUT2D eigenvalue weighted by atomic mass is 16.6. The second-order valence-corrected chi connectivity index (χ2v) is 11.6. The number of ether oxygens (including phenoxy) is 13. The van der Waals surface area contributed by atoms with E-state index in [-0.39, 0.29) is 12.2 Å². The van der Waals surface area contributed by atoms with Crippen molar-refractivity contribution < 1.29 is 66.4 Å². The molecule has 288 valence electrons. The lowest BCUT2D eigenvalue weighted by Gasteiger charge is -2.24. The molecule has 0 heterocycles. The number of rotatable bonds is 37. The summed E-state index contributed by atoms with van der Waals surface area (Å²) < 4.78 is 70.8. The molecule has 0 saturated carbocycles. The van der Waals surface area contributed by atoms with E-state index in [2.05, 4.69) is 0 Å². The van der Waals surface area contributed by atoms with Gasteiger partial charge in [-0.3, -0.25) is 0 Å². The number of carbonyl (C=O) groups is 1. The highest BCUT2D eigenvalue weighted by molar-refractivity contribution is 5.67. The number of nitrogens with zero attached hydrogens (tertiary/aromatic N) is 1. The molecule has 0 bridgehead atoms. The first-order valence-corrected chi connectivity index (χ1v) is 17.1. The van der Waals surface area contributed by atoms with Crippen LogP contribution in [0.1, 0.15) is 34.6 Å². The third-order valence-corrected chi connectivity index (χ3v) is 5.68. The number of amides is 1. The Kier molecular flexibility index (Phi) is 34.7. The Morgan fingerprint density at radius 3 is 0.896 bits per heavy atom. The highest BCUT2D eigenvalue weighted by Gasteiger charge is 2.19. The van der Waals surface area contributed by atoms with E-state index in [9.17, 15) is 4.79 Å². The molecule has 0 aromatic heterocycles. The molecular weight excluding hydrogens is 634 g/mol. The van der Waals surface area contributed by atoms with E-state index >= 15 is 0 Å². The van der Waals surface area contributed by atoms with Gasteiger partial charge >= 0.3 is 6.09 Å². The molecular formula is C33H67NO14. The van der Waals surface area contributed by atoms with Crippen LogP contribution in [0.4, 0.5) is 4.79 Å². The van der Waals surface area contributed by atoms with Gasteiger partial charge in [0.25, 0.3) is 0 Å². The SMILES string of the molecule is CC(C)OCCOCCOCCOCCOCCOCCOCCOCCOCCOCCOCCOCCN(C)C(=O)OC(C)(C)C. The van der Waals surface area contributed by atoms with Gasteiger partial charge in [-0.2, -0.15) is 0 Å². The van der Waals surface area contributed by atoms with Crippen LogP contribution >= 0.6 is 0 Å². The van der Waals surface area contributed by atoms with Crippen LogP contribution in [0.5, 0.6) is 0 Å². The molecule has 0 saturated heterocycles. The van der Waals surface area contributed by atoms with Gasteiger partial charge in [-0.1, -0.05) is 0 Å². The molecule has 0 spiro atoms. The van der Waals surface area contributed by atoms with E-state index in [4.69, 9.17) is 61.6 Å². The predicted octanol–water partition coefficient (Wildman–Crippen LogP) is 2.46. The second-order valence-electron chi connectivity index (χ2n) is 11.6.